The van der Waals surface area contributed by atoms with E-state index in [-0.39, 0.29) is 16.4 Å². The molecule has 9 heteroatoms. The van der Waals surface area contributed by atoms with Crippen molar-refractivity contribution in [2.45, 2.75) is 18.9 Å². The van der Waals surface area contributed by atoms with Crippen LogP contribution in [-0.4, -0.2) is 39.5 Å². The van der Waals surface area contributed by atoms with Gasteiger partial charge in [-0.2, -0.15) is 0 Å². The quantitative estimate of drug-likeness (QED) is 0.656. The Morgan fingerprint density at radius 2 is 2.19 bits per heavy atom. The summed E-state index contributed by atoms with van der Waals surface area (Å²) in [5.74, 6) is -1.07. The van der Waals surface area contributed by atoms with Crippen LogP contribution in [0.4, 0.5) is 16.2 Å². The highest BCUT2D eigenvalue weighted by Crippen LogP contribution is 2.28. The van der Waals surface area contributed by atoms with E-state index in [1.807, 2.05) is 0 Å². The summed E-state index contributed by atoms with van der Waals surface area (Å²) < 4.78 is 0. The molecule has 1 heterocycles. The summed E-state index contributed by atoms with van der Waals surface area (Å²) in [6.07, 6.45) is 0.995. The van der Waals surface area contributed by atoms with Crippen molar-refractivity contribution in [3.05, 3.63) is 33.3 Å². The molecule has 2 N–H and O–H groups in total. The Morgan fingerprint density at radius 3 is 2.81 bits per heavy atom. The maximum atomic E-state index is 12.0. The molecule has 2 amide bonds. The number of hydrogen-bond donors (Lipinski definition) is 2. The minimum atomic E-state index is -1.07. The second kappa shape index (κ2) is 5.96. The Labute approximate surface area is 124 Å². The Bertz CT molecular complexity index is 607. The van der Waals surface area contributed by atoms with Gasteiger partial charge in [-0.15, -0.1) is 0 Å². The number of urea groups is 1. The first kappa shape index (κ1) is 15.0. The number of nitrogens with one attached hydrogen (secondary N) is 1. The largest absolute Gasteiger partial charge is 0.480 e. The molecule has 8 nitrogen and oxygen atoms in total. The Morgan fingerprint density at radius 1 is 1.48 bits per heavy atom. The molecule has 1 aromatic rings. The monoisotopic (exact) mass is 313 g/mol. The summed E-state index contributed by atoms with van der Waals surface area (Å²) in [5.41, 5.74) is -0.141. The van der Waals surface area contributed by atoms with Crippen molar-refractivity contribution < 1.29 is 19.6 Å². The van der Waals surface area contributed by atoms with E-state index in [4.69, 9.17) is 16.7 Å². The third-order valence-corrected chi connectivity index (χ3v) is 3.51. The predicted molar refractivity (Wildman–Crippen MR) is 74.5 cm³/mol. The lowest BCUT2D eigenvalue weighted by Gasteiger charge is -2.21. The molecule has 112 valence electrons. The maximum Gasteiger partial charge on any atom is 0.326 e. The van der Waals surface area contributed by atoms with Gasteiger partial charge in [0.15, 0.2) is 0 Å². The molecule has 0 bridgehead atoms. The van der Waals surface area contributed by atoms with Crippen molar-refractivity contribution in [2.24, 2.45) is 0 Å². The van der Waals surface area contributed by atoms with E-state index >= 15 is 0 Å². The number of amides is 2. The van der Waals surface area contributed by atoms with Crippen molar-refractivity contribution in [2.75, 3.05) is 11.9 Å². The predicted octanol–water partition coefficient (Wildman–Crippen LogP) is 2.33. The molecule has 1 saturated heterocycles. The number of nitrogens with zero attached hydrogens (tertiary/aromatic N) is 2. The molecule has 1 aliphatic rings. The van der Waals surface area contributed by atoms with E-state index in [0.29, 0.717) is 19.4 Å². The molecule has 2 rings (SSSR count). The van der Waals surface area contributed by atoms with Crippen LogP contribution in [0.1, 0.15) is 12.8 Å². The molecule has 21 heavy (non-hydrogen) atoms. The van der Waals surface area contributed by atoms with Crippen molar-refractivity contribution in [3.8, 4) is 0 Å². The Hall–Kier alpha value is -2.35. The number of rotatable bonds is 3. The average molecular weight is 314 g/mol. The van der Waals surface area contributed by atoms with Gasteiger partial charge in [0.25, 0.3) is 5.69 Å². The number of carboxylic acid groups (broad SMARTS) is 1. The van der Waals surface area contributed by atoms with Crippen LogP contribution in [0.3, 0.4) is 0 Å². The van der Waals surface area contributed by atoms with Crippen LogP contribution in [-0.2, 0) is 4.79 Å². The molecule has 0 spiro atoms. The number of carbonyl (C=O) groups is 2. The topological polar surface area (TPSA) is 113 Å². The van der Waals surface area contributed by atoms with Gasteiger partial charge in [0.05, 0.1) is 4.92 Å². The highest BCUT2D eigenvalue weighted by Gasteiger charge is 2.34. The number of nitro groups is 1. The minimum absolute atomic E-state index is 0.0393. The SMILES string of the molecule is O=C(O)[C@@H]1CCCN1C(=O)Nc1ccc(Cl)c([N+](=O)[O-])c1. The zero-order valence-corrected chi connectivity index (χ0v) is 11.5. The van der Waals surface area contributed by atoms with E-state index < -0.39 is 23.0 Å². The van der Waals surface area contributed by atoms with Crippen LogP contribution in [0, 0.1) is 10.1 Å². The van der Waals surface area contributed by atoms with E-state index in [1.165, 1.54) is 17.0 Å². The first-order chi connectivity index (χ1) is 9.90. The molecule has 0 aliphatic carbocycles. The lowest BCUT2D eigenvalue weighted by Crippen LogP contribution is -2.42. The van der Waals surface area contributed by atoms with Gasteiger partial charge in [-0.05, 0) is 25.0 Å². The molecule has 0 unspecified atom stereocenters. The van der Waals surface area contributed by atoms with Gasteiger partial charge in [-0.3, -0.25) is 10.1 Å². The van der Waals surface area contributed by atoms with Gasteiger partial charge >= 0.3 is 12.0 Å². The number of anilines is 1. The van der Waals surface area contributed by atoms with Gasteiger partial charge < -0.3 is 15.3 Å². The summed E-state index contributed by atoms with van der Waals surface area (Å²) in [5, 5.41) is 22.2. The number of nitro benzene ring substituents is 1. The molecule has 1 fully saturated rings. The highest BCUT2D eigenvalue weighted by atomic mass is 35.5. The number of hydrogen-bond acceptors (Lipinski definition) is 4. The molecule has 1 aliphatic heterocycles. The lowest BCUT2D eigenvalue weighted by molar-refractivity contribution is -0.384. The molecular formula is C12H12ClN3O5. The minimum Gasteiger partial charge on any atom is -0.480 e. The molecule has 0 radical (unpaired) electrons. The first-order valence-corrected chi connectivity index (χ1v) is 6.52. The number of carboxylic acids is 1. The van der Waals surface area contributed by atoms with Crippen molar-refractivity contribution >= 4 is 35.0 Å². The second-order valence-corrected chi connectivity index (χ2v) is 4.95. The van der Waals surface area contributed by atoms with E-state index in [9.17, 15) is 19.7 Å². The van der Waals surface area contributed by atoms with Gasteiger partial charge in [0, 0.05) is 18.3 Å². The van der Waals surface area contributed by atoms with E-state index in [0.717, 1.165) is 6.07 Å². The fourth-order valence-corrected chi connectivity index (χ4v) is 2.38. The number of carbonyl (C=O) groups excluding carboxylic acids is 1. The third-order valence-electron chi connectivity index (χ3n) is 3.19. The molecule has 1 aromatic carbocycles. The summed E-state index contributed by atoms with van der Waals surface area (Å²) >= 11 is 5.68. The zero-order valence-electron chi connectivity index (χ0n) is 10.8. The van der Waals surface area contributed by atoms with Gasteiger partial charge in [0.1, 0.15) is 11.1 Å². The summed E-state index contributed by atoms with van der Waals surface area (Å²) in [4.78, 5) is 34.4. The molecule has 0 aromatic heterocycles. The molecular weight excluding hydrogens is 302 g/mol. The number of likely N-dealkylation sites (tertiary alicyclic amines) is 1. The van der Waals surface area contributed by atoms with Crippen LogP contribution >= 0.6 is 11.6 Å². The fourth-order valence-electron chi connectivity index (χ4n) is 2.19. The van der Waals surface area contributed by atoms with Crippen LogP contribution < -0.4 is 5.32 Å². The van der Waals surface area contributed by atoms with Gasteiger partial charge in [0.2, 0.25) is 0 Å². The van der Waals surface area contributed by atoms with Crippen LogP contribution in [0.15, 0.2) is 18.2 Å². The first-order valence-electron chi connectivity index (χ1n) is 6.14. The normalized spacial score (nSPS) is 17.6. The van der Waals surface area contributed by atoms with Crippen molar-refractivity contribution in [1.29, 1.82) is 0 Å². The average Bonchev–Trinajstić information content (AvgIpc) is 2.90. The molecule has 0 saturated carbocycles. The lowest BCUT2D eigenvalue weighted by atomic mass is 10.2. The summed E-state index contributed by atoms with van der Waals surface area (Å²) in [6.45, 7) is 0.332. The standard InChI is InChI=1S/C12H12ClN3O5/c13-8-4-3-7(6-10(8)16(20)21)14-12(19)15-5-1-2-9(15)11(17)18/h3-4,6,9H,1-2,5H2,(H,14,19)(H,17,18)/t9-/m0/s1. The Balaban J connectivity index is 2.14. The number of halogens is 1. The highest BCUT2D eigenvalue weighted by molar-refractivity contribution is 6.32. The summed E-state index contributed by atoms with van der Waals surface area (Å²) in [7, 11) is 0. The summed E-state index contributed by atoms with van der Waals surface area (Å²) in [6, 6.07) is 2.38. The van der Waals surface area contributed by atoms with Crippen LogP contribution in [0.25, 0.3) is 0 Å². The van der Waals surface area contributed by atoms with E-state index in [2.05, 4.69) is 5.32 Å². The maximum absolute atomic E-state index is 12.0. The van der Waals surface area contributed by atoms with Crippen molar-refractivity contribution in [1.82, 2.24) is 4.90 Å². The Kier molecular flexibility index (Phi) is 4.27. The molecule has 1 atom stereocenters. The van der Waals surface area contributed by atoms with Crippen LogP contribution in [0.2, 0.25) is 5.02 Å². The number of benzene rings is 1. The zero-order chi connectivity index (χ0) is 15.6. The van der Waals surface area contributed by atoms with Gasteiger partial charge in [-0.1, -0.05) is 11.6 Å². The van der Waals surface area contributed by atoms with Crippen LogP contribution in [0.5, 0.6) is 0 Å². The van der Waals surface area contributed by atoms with E-state index in [1.54, 1.807) is 0 Å². The smallest absolute Gasteiger partial charge is 0.326 e. The third kappa shape index (κ3) is 3.22. The van der Waals surface area contributed by atoms with Gasteiger partial charge in [-0.25, -0.2) is 9.59 Å². The second-order valence-electron chi connectivity index (χ2n) is 4.54. The fraction of sp³-hybridized carbons (Fsp3) is 0.333. The van der Waals surface area contributed by atoms with Crippen molar-refractivity contribution in [3.63, 3.8) is 0 Å². The number of aliphatic carboxylic acids is 1.